The van der Waals surface area contributed by atoms with E-state index in [1.807, 2.05) is 0 Å². The summed E-state index contributed by atoms with van der Waals surface area (Å²) in [6.07, 6.45) is 20.3. The van der Waals surface area contributed by atoms with Crippen molar-refractivity contribution in [3.8, 4) is 11.5 Å². The summed E-state index contributed by atoms with van der Waals surface area (Å²) < 4.78 is 39.1. The predicted molar refractivity (Wildman–Crippen MR) is 122 cm³/mol. The van der Waals surface area contributed by atoms with Gasteiger partial charge in [0.25, 0.3) is 0 Å². The van der Waals surface area contributed by atoms with Crippen LogP contribution in [-0.4, -0.2) is 6.61 Å². The molecule has 3 rings (SSSR count). The first-order chi connectivity index (χ1) is 15.1. The van der Waals surface area contributed by atoms with Gasteiger partial charge in [-0.15, -0.1) is 0 Å². The molecule has 2 nitrogen and oxygen atoms in total. The number of rotatable bonds is 9. The molecule has 0 atom stereocenters. The van der Waals surface area contributed by atoms with Crippen LogP contribution in [-0.2, 0) is 0 Å². The average molecular weight is 433 g/mol. The van der Waals surface area contributed by atoms with Crippen LogP contribution in [0.15, 0.2) is 36.6 Å². The molecule has 172 valence electrons. The molecule has 2 aliphatic rings. The van der Waals surface area contributed by atoms with Crippen molar-refractivity contribution in [1.82, 2.24) is 0 Å². The van der Waals surface area contributed by atoms with E-state index in [1.165, 1.54) is 69.8 Å². The fourth-order valence-corrected chi connectivity index (χ4v) is 5.34. The zero-order valence-electron chi connectivity index (χ0n) is 19.1. The minimum Gasteiger partial charge on any atom is -0.490 e. The van der Waals surface area contributed by atoms with Crippen LogP contribution < -0.4 is 9.47 Å². The van der Waals surface area contributed by atoms with Crippen LogP contribution in [0.5, 0.6) is 11.5 Å². The van der Waals surface area contributed by atoms with Crippen LogP contribution in [0.2, 0.25) is 0 Å². The molecule has 1 aromatic carbocycles. The van der Waals surface area contributed by atoms with E-state index in [0.717, 1.165) is 30.6 Å². The van der Waals surface area contributed by atoms with Gasteiger partial charge in [-0.1, -0.05) is 31.1 Å². The van der Waals surface area contributed by atoms with Gasteiger partial charge in [0.05, 0.1) is 12.9 Å². The normalized spacial score (nSPS) is 27.1. The molecular formula is C27H38F2O2. The van der Waals surface area contributed by atoms with Crippen molar-refractivity contribution in [3.05, 3.63) is 48.3 Å². The molecular weight excluding hydrogens is 394 g/mol. The third-order valence-corrected chi connectivity index (χ3v) is 7.24. The summed E-state index contributed by atoms with van der Waals surface area (Å²) in [5, 5.41) is 0. The minimum atomic E-state index is -0.999. The second-order valence-electron chi connectivity index (χ2n) is 9.30. The molecule has 0 bridgehead atoms. The zero-order chi connectivity index (χ0) is 22.1. The molecule has 4 heteroatoms. The summed E-state index contributed by atoms with van der Waals surface area (Å²) >= 11 is 0. The molecule has 0 saturated heterocycles. The highest BCUT2D eigenvalue weighted by atomic mass is 19.2. The largest absolute Gasteiger partial charge is 0.490 e. The Morgan fingerprint density at radius 3 is 2.00 bits per heavy atom. The Kier molecular flexibility index (Phi) is 9.42. The highest BCUT2D eigenvalue weighted by Crippen LogP contribution is 2.42. The van der Waals surface area contributed by atoms with Crippen LogP contribution in [0.4, 0.5) is 8.78 Å². The fraction of sp³-hybridized carbons (Fsp3) is 0.630. The summed E-state index contributed by atoms with van der Waals surface area (Å²) in [5.74, 6) is 0.948. The van der Waals surface area contributed by atoms with Gasteiger partial charge < -0.3 is 9.47 Å². The number of ether oxygens (including phenoxy) is 2. The van der Waals surface area contributed by atoms with Crippen LogP contribution in [0, 0.1) is 35.3 Å². The van der Waals surface area contributed by atoms with E-state index in [9.17, 15) is 8.78 Å². The molecule has 0 unspecified atom stereocenters. The molecule has 0 heterocycles. The van der Waals surface area contributed by atoms with Gasteiger partial charge in [-0.2, -0.15) is 8.78 Å². The predicted octanol–water partition coefficient (Wildman–Crippen LogP) is 8.23. The summed E-state index contributed by atoms with van der Waals surface area (Å²) in [6.45, 7) is 4.30. The van der Waals surface area contributed by atoms with Crippen LogP contribution >= 0.6 is 0 Å². The lowest BCUT2D eigenvalue weighted by Crippen LogP contribution is -2.27. The zero-order valence-corrected chi connectivity index (χ0v) is 19.1. The van der Waals surface area contributed by atoms with Gasteiger partial charge >= 0.3 is 0 Å². The van der Waals surface area contributed by atoms with Crippen molar-refractivity contribution >= 4 is 0 Å². The Bertz CT molecular complexity index is 727. The van der Waals surface area contributed by atoms with E-state index in [2.05, 4.69) is 19.1 Å². The van der Waals surface area contributed by atoms with E-state index < -0.39 is 11.6 Å². The Balaban J connectivity index is 1.39. The van der Waals surface area contributed by atoms with Crippen molar-refractivity contribution < 1.29 is 18.3 Å². The Labute approximate surface area is 186 Å². The van der Waals surface area contributed by atoms with Crippen molar-refractivity contribution in [2.24, 2.45) is 23.7 Å². The molecule has 2 aliphatic carbocycles. The first-order valence-corrected chi connectivity index (χ1v) is 12.1. The summed E-state index contributed by atoms with van der Waals surface area (Å²) in [6, 6.07) is 2.87. The van der Waals surface area contributed by atoms with Gasteiger partial charge in [0, 0.05) is 0 Å². The van der Waals surface area contributed by atoms with E-state index in [1.54, 1.807) is 13.0 Å². The quantitative estimate of drug-likeness (QED) is 0.289. The highest BCUT2D eigenvalue weighted by Gasteiger charge is 2.31. The van der Waals surface area contributed by atoms with E-state index >= 15 is 0 Å². The number of allylic oxidation sites excluding steroid dienone is 3. The molecule has 0 radical (unpaired) electrons. The summed E-state index contributed by atoms with van der Waals surface area (Å²) in [4.78, 5) is 0. The van der Waals surface area contributed by atoms with Gasteiger partial charge in [0.1, 0.15) is 0 Å². The number of hydrogen-bond donors (Lipinski definition) is 0. The summed E-state index contributed by atoms with van der Waals surface area (Å²) in [5.41, 5.74) is 0. The van der Waals surface area contributed by atoms with Crippen molar-refractivity contribution in [1.29, 1.82) is 0 Å². The van der Waals surface area contributed by atoms with Gasteiger partial charge in [-0.05, 0) is 101 Å². The van der Waals surface area contributed by atoms with Crippen LogP contribution in [0.1, 0.15) is 78.1 Å². The second kappa shape index (κ2) is 12.3. The van der Waals surface area contributed by atoms with Crippen molar-refractivity contribution in [3.63, 3.8) is 0 Å². The van der Waals surface area contributed by atoms with Crippen molar-refractivity contribution in [2.45, 2.75) is 78.1 Å². The fourth-order valence-electron chi connectivity index (χ4n) is 5.34. The molecule has 0 spiro atoms. The molecule has 2 saturated carbocycles. The van der Waals surface area contributed by atoms with E-state index in [-0.39, 0.29) is 11.5 Å². The van der Waals surface area contributed by atoms with Crippen LogP contribution in [0.25, 0.3) is 0 Å². The van der Waals surface area contributed by atoms with Gasteiger partial charge in [0.2, 0.25) is 11.6 Å². The van der Waals surface area contributed by atoms with Crippen LogP contribution in [0.3, 0.4) is 0 Å². The Morgan fingerprint density at radius 1 is 0.806 bits per heavy atom. The third-order valence-electron chi connectivity index (χ3n) is 7.24. The van der Waals surface area contributed by atoms with Gasteiger partial charge in [0.15, 0.2) is 11.5 Å². The lowest BCUT2D eigenvalue weighted by Gasteiger charge is -2.37. The molecule has 1 aromatic rings. The topological polar surface area (TPSA) is 18.5 Å². The molecule has 0 aliphatic heterocycles. The standard InChI is InChI=1S/C27H38F2O2/c1-3-5-6-7-20-8-12-22(13-9-20)23-14-10-21(11-15-23)19-31-25-17-16-24(30-18-4-2)26(28)27(25)29/h3-5,16-18,20-23H,6-15,19H2,1-2H3. The van der Waals surface area contributed by atoms with Crippen molar-refractivity contribution in [2.75, 3.05) is 6.61 Å². The Morgan fingerprint density at radius 2 is 1.39 bits per heavy atom. The smallest absolute Gasteiger partial charge is 0.205 e. The monoisotopic (exact) mass is 432 g/mol. The summed E-state index contributed by atoms with van der Waals surface area (Å²) in [7, 11) is 0. The molecule has 31 heavy (non-hydrogen) atoms. The highest BCUT2D eigenvalue weighted by molar-refractivity contribution is 5.35. The average Bonchev–Trinajstić information content (AvgIpc) is 2.80. The molecule has 2 fully saturated rings. The molecule has 0 amide bonds. The second-order valence-corrected chi connectivity index (χ2v) is 9.30. The van der Waals surface area contributed by atoms with Gasteiger partial charge in [-0.25, -0.2) is 0 Å². The number of benzene rings is 1. The maximum atomic E-state index is 14.3. The lowest BCUT2D eigenvalue weighted by molar-refractivity contribution is 0.120. The third kappa shape index (κ3) is 6.82. The van der Waals surface area contributed by atoms with E-state index in [4.69, 9.17) is 9.47 Å². The first kappa shape index (κ1) is 23.8. The number of hydrogen-bond acceptors (Lipinski definition) is 2. The number of halogens is 2. The Hall–Kier alpha value is -1.84. The minimum absolute atomic E-state index is 0.0244. The maximum Gasteiger partial charge on any atom is 0.205 e. The maximum absolute atomic E-state index is 14.3. The molecule has 0 N–H and O–H groups in total. The first-order valence-electron chi connectivity index (χ1n) is 12.1. The lowest BCUT2D eigenvalue weighted by atomic mass is 9.69. The molecule has 0 aromatic heterocycles. The van der Waals surface area contributed by atoms with Gasteiger partial charge in [-0.3, -0.25) is 0 Å². The van der Waals surface area contributed by atoms with E-state index in [0.29, 0.717) is 12.5 Å². The SMILES string of the molecule is CC=CCCC1CCC(C2CCC(COc3ccc(OC=CC)c(F)c3F)CC2)CC1.